The molecule has 0 atom stereocenters. The lowest BCUT2D eigenvalue weighted by Gasteiger charge is -2.12. The van der Waals surface area contributed by atoms with E-state index in [9.17, 15) is 14.4 Å². The maximum Gasteiger partial charge on any atom is 0.274 e. The van der Waals surface area contributed by atoms with Crippen molar-refractivity contribution in [1.82, 2.24) is 20.4 Å². The molecule has 1 aromatic carbocycles. The van der Waals surface area contributed by atoms with Crippen LogP contribution < -0.4 is 16.2 Å². The molecule has 0 unspecified atom stereocenters. The minimum Gasteiger partial charge on any atom is -0.354 e. The summed E-state index contributed by atoms with van der Waals surface area (Å²) in [5.74, 6) is -0.510. The standard InChI is InChI=1S/C20H28N4O3/c1-4-5-8-13-24-20(27)16-10-7-6-9-15(16)17(23-24)19(26)22-12-11-21-18(25)14(2)3/h6-7,9-10,14H,4-5,8,11-13H2,1-3H3,(H,21,25)(H,22,26). The van der Waals surface area contributed by atoms with Crippen molar-refractivity contribution in [3.8, 4) is 0 Å². The Morgan fingerprint density at radius 2 is 1.74 bits per heavy atom. The van der Waals surface area contributed by atoms with Gasteiger partial charge in [0, 0.05) is 30.9 Å². The van der Waals surface area contributed by atoms with Crippen LogP contribution in [0, 0.1) is 5.92 Å². The van der Waals surface area contributed by atoms with Gasteiger partial charge in [0.2, 0.25) is 5.91 Å². The first-order valence-corrected chi connectivity index (χ1v) is 9.51. The molecule has 146 valence electrons. The van der Waals surface area contributed by atoms with Crippen LogP contribution in [0.25, 0.3) is 10.8 Å². The highest BCUT2D eigenvalue weighted by Gasteiger charge is 2.16. The zero-order valence-electron chi connectivity index (χ0n) is 16.2. The molecule has 1 aromatic heterocycles. The molecule has 7 nitrogen and oxygen atoms in total. The Labute approximate surface area is 159 Å². The quantitative estimate of drug-likeness (QED) is 0.659. The maximum atomic E-state index is 12.6. The number of hydrogen-bond donors (Lipinski definition) is 2. The lowest BCUT2D eigenvalue weighted by atomic mass is 10.1. The van der Waals surface area contributed by atoms with E-state index in [0.717, 1.165) is 19.3 Å². The third-order valence-electron chi connectivity index (χ3n) is 4.29. The van der Waals surface area contributed by atoms with E-state index in [0.29, 0.717) is 30.4 Å². The van der Waals surface area contributed by atoms with Gasteiger partial charge in [0.25, 0.3) is 11.5 Å². The second-order valence-corrected chi connectivity index (χ2v) is 6.83. The molecule has 2 amide bonds. The number of nitrogens with one attached hydrogen (secondary N) is 2. The number of fused-ring (bicyclic) bond motifs is 1. The van der Waals surface area contributed by atoms with Crippen molar-refractivity contribution in [3.63, 3.8) is 0 Å². The van der Waals surface area contributed by atoms with Gasteiger partial charge in [-0.15, -0.1) is 0 Å². The van der Waals surface area contributed by atoms with E-state index < -0.39 is 0 Å². The van der Waals surface area contributed by atoms with Gasteiger partial charge in [-0.3, -0.25) is 14.4 Å². The second kappa shape index (κ2) is 9.85. The highest BCUT2D eigenvalue weighted by Crippen LogP contribution is 2.13. The summed E-state index contributed by atoms with van der Waals surface area (Å²) < 4.78 is 1.38. The topological polar surface area (TPSA) is 93.1 Å². The average Bonchev–Trinajstić information content (AvgIpc) is 2.66. The van der Waals surface area contributed by atoms with Crippen LogP contribution >= 0.6 is 0 Å². The van der Waals surface area contributed by atoms with Gasteiger partial charge in [0.15, 0.2) is 5.69 Å². The SMILES string of the molecule is CCCCCn1nc(C(=O)NCCNC(=O)C(C)C)c2ccccc2c1=O. The minimum atomic E-state index is -0.353. The van der Waals surface area contributed by atoms with Crippen LogP contribution in [0.3, 0.4) is 0 Å². The summed E-state index contributed by atoms with van der Waals surface area (Å²) in [7, 11) is 0. The third-order valence-corrected chi connectivity index (χ3v) is 4.29. The lowest BCUT2D eigenvalue weighted by molar-refractivity contribution is -0.123. The zero-order chi connectivity index (χ0) is 19.8. The molecule has 0 bridgehead atoms. The summed E-state index contributed by atoms with van der Waals surface area (Å²) in [6.07, 6.45) is 2.87. The molecule has 0 fully saturated rings. The Balaban J connectivity index is 2.17. The van der Waals surface area contributed by atoms with Gasteiger partial charge in [-0.1, -0.05) is 51.8 Å². The number of aromatic nitrogens is 2. The Morgan fingerprint density at radius 3 is 2.41 bits per heavy atom. The Kier molecular flexibility index (Phi) is 7.52. The average molecular weight is 372 g/mol. The van der Waals surface area contributed by atoms with Gasteiger partial charge in [-0.2, -0.15) is 5.10 Å². The maximum absolute atomic E-state index is 12.6. The first-order chi connectivity index (χ1) is 13.0. The molecule has 27 heavy (non-hydrogen) atoms. The van der Waals surface area contributed by atoms with Crippen LogP contribution in [-0.2, 0) is 11.3 Å². The van der Waals surface area contributed by atoms with Gasteiger partial charge in [0.05, 0.1) is 5.39 Å². The Bertz CT molecular complexity index is 858. The van der Waals surface area contributed by atoms with Gasteiger partial charge < -0.3 is 10.6 Å². The number of nitrogens with zero attached hydrogens (tertiary/aromatic N) is 2. The Morgan fingerprint density at radius 1 is 1.07 bits per heavy atom. The molecule has 0 aliphatic heterocycles. The van der Waals surface area contributed by atoms with E-state index in [4.69, 9.17) is 0 Å². The molecular weight excluding hydrogens is 344 g/mol. The van der Waals surface area contributed by atoms with Crippen LogP contribution in [0.4, 0.5) is 0 Å². The molecule has 0 radical (unpaired) electrons. The number of unbranched alkanes of at least 4 members (excludes halogenated alkanes) is 2. The fourth-order valence-corrected chi connectivity index (χ4v) is 2.72. The summed E-state index contributed by atoms with van der Waals surface area (Å²) in [5, 5.41) is 10.9. The first kappa shape index (κ1) is 20.6. The third kappa shape index (κ3) is 5.39. The monoisotopic (exact) mass is 372 g/mol. The fourth-order valence-electron chi connectivity index (χ4n) is 2.72. The van der Waals surface area contributed by atoms with E-state index in [-0.39, 0.29) is 29.0 Å². The molecule has 1 heterocycles. The predicted molar refractivity (Wildman–Crippen MR) is 106 cm³/mol. The van der Waals surface area contributed by atoms with Gasteiger partial charge in [0.1, 0.15) is 0 Å². The molecule has 0 aliphatic rings. The number of rotatable bonds is 9. The number of amides is 2. The molecule has 0 saturated heterocycles. The van der Waals surface area contributed by atoms with E-state index in [1.807, 2.05) is 13.8 Å². The number of carbonyl (C=O) groups is 2. The van der Waals surface area contributed by atoms with Crippen molar-refractivity contribution in [2.75, 3.05) is 13.1 Å². The summed E-state index contributed by atoms with van der Waals surface area (Å²) in [6, 6.07) is 7.01. The van der Waals surface area contributed by atoms with Crippen molar-refractivity contribution in [2.24, 2.45) is 5.92 Å². The van der Waals surface area contributed by atoms with E-state index in [1.54, 1.807) is 24.3 Å². The van der Waals surface area contributed by atoms with Crippen LogP contribution in [0.5, 0.6) is 0 Å². The molecular formula is C20H28N4O3. The highest BCUT2D eigenvalue weighted by molar-refractivity contribution is 6.04. The highest BCUT2D eigenvalue weighted by atomic mass is 16.2. The van der Waals surface area contributed by atoms with Gasteiger partial charge in [-0.25, -0.2) is 4.68 Å². The van der Waals surface area contributed by atoms with Crippen LogP contribution in [0.1, 0.15) is 50.5 Å². The number of benzene rings is 1. The van der Waals surface area contributed by atoms with E-state index in [1.165, 1.54) is 4.68 Å². The number of aryl methyl sites for hydroxylation is 1. The smallest absolute Gasteiger partial charge is 0.274 e. The fraction of sp³-hybridized carbons (Fsp3) is 0.500. The summed E-state index contributed by atoms with van der Waals surface area (Å²) in [5.41, 5.74) is 0.0549. The molecule has 2 rings (SSSR count). The Hall–Kier alpha value is -2.70. The number of carbonyl (C=O) groups excluding carboxylic acids is 2. The lowest BCUT2D eigenvalue weighted by Crippen LogP contribution is -2.37. The molecule has 2 N–H and O–H groups in total. The molecule has 7 heteroatoms. The first-order valence-electron chi connectivity index (χ1n) is 9.51. The summed E-state index contributed by atoms with van der Waals surface area (Å²) in [4.78, 5) is 36.8. The molecule has 0 spiro atoms. The minimum absolute atomic E-state index is 0.0581. The summed E-state index contributed by atoms with van der Waals surface area (Å²) >= 11 is 0. The van der Waals surface area contributed by atoms with Gasteiger partial charge in [-0.05, 0) is 12.5 Å². The van der Waals surface area contributed by atoms with Crippen LogP contribution in [0.15, 0.2) is 29.1 Å². The molecule has 0 saturated carbocycles. The number of hydrogen-bond acceptors (Lipinski definition) is 4. The van der Waals surface area contributed by atoms with Gasteiger partial charge >= 0.3 is 0 Å². The van der Waals surface area contributed by atoms with Crippen molar-refractivity contribution < 1.29 is 9.59 Å². The largest absolute Gasteiger partial charge is 0.354 e. The van der Waals surface area contributed by atoms with Crippen LogP contribution in [0.2, 0.25) is 0 Å². The zero-order valence-corrected chi connectivity index (χ0v) is 16.2. The van der Waals surface area contributed by atoms with Crippen molar-refractivity contribution in [1.29, 1.82) is 0 Å². The second-order valence-electron chi connectivity index (χ2n) is 6.83. The van der Waals surface area contributed by atoms with Crippen molar-refractivity contribution in [3.05, 3.63) is 40.3 Å². The normalized spacial score (nSPS) is 11.0. The molecule has 2 aromatic rings. The van der Waals surface area contributed by atoms with Crippen molar-refractivity contribution >= 4 is 22.6 Å². The van der Waals surface area contributed by atoms with E-state index >= 15 is 0 Å². The summed E-state index contributed by atoms with van der Waals surface area (Å²) in [6.45, 7) is 6.84. The predicted octanol–water partition coefficient (Wildman–Crippen LogP) is 2.09. The van der Waals surface area contributed by atoms with Crippen molar-refractivity contribution in [2.45, 2.75) is 46.6 Å². The van der Waals surface area contributed by atoms with Crippen LogP contribution in [-0.4, -0.2) is 34.7 Å². The molecule has 0 aliphatic carbocycles. The van der Waals surface area contributed by atoms with E-state index in [2.05, 4.69) is 22.7 Å².